The van der Waals surface area contributed by atoms with Gasteiger partial charge in [0, 0.05) is 16.6 Å². The van der Waals surface area contributed by atoms with E-state index in [0.717, 1.165) is 18.9 Å². The molecule has 0 radical (unpaired) electrons. The second-order valence-corrected chi connectivity index (χ2v) is 7.47. The predicted octanol–water partition coefficient (Wildman–Crippen LogP) is 4.90. The topological polar surface area (TPSA) is 85.3 Å². The number of hydrogen-bond donors (Lipinski definition) is 2. The maximum Gasteiger partial charge on any atom is 0.262 e. The third kappa shape index (κ3) is 3.85. The third-order valence-electron chi connectivity index (χ3n) is 5.14. The van der Waals surface area contributed by atoms with E-state index in [1.807, 2.05) is 6.92 Å². The van der Waals surface area contributed by atoms with E-state index in [2.05, 4.69) is 0 Å². The molecule has 2 aromatic carbocycles. The van der Waals surface area contributed by atoms with Crippen molar-refractivity contribution in [3.63, 3.8) is 0 Å². The number of carbonyl (C=O) groups excluding carboxylic acids is 2. The Morgan fingerprint density at radius 2 is 1.97 bits per heavy atom. The number of nitrogens with zero attached hydrogens (tertiary/aromatic N) is 1. The highest BCUT2D eigenvalue weighted by atomic mass is 35.5. The SMILES string of the molecule is CCCCC(C(N)=O)c1c(C)n(C(=O)c2ccc(Cl)c(F)c2)c2ccc(O)cc12. The number of carbonyl (C=O) groups is 2. The Morgan fingerprint density at radius 1 is 1.24 bits per heavy atom. The second-order valence-electron chi connectivity index (χ2n) is 7.07. The normalized spacial score (nSPS) is 12.3. The number of hydrogen-bond acceptors (Lipinski definition) is 3. The first-order valence-corrected chi connectivity index (χ1v) is 9.77. The van der Waals surface area contributed by atoms with Gasteiger partial charge in [0.2, 0.25) is 5.91 Å². The summed E-state index contributed by atoms with van der Waals surface area (Å²) >= 11 is 5.73. The van der Waals surface area contributed by atoms with Crippen LogP contribution < -0.4 is 5.73 Å². The molecule has 0 saturated carbocycles. The molecule has 152 valence electrons. The minimum absolute atomic E-state index is 0.0135. The minimum Gasteiger partial charge on any atom is -0.508 e. The molecule has 0 spiro atoms. The molecule has 0 aliphatic rings. The van der Waals surface area contributed by atoms with Crippen LogP contribution in [0.25, 0.3) is 10.9 Å². The minimum atomic E-state index is -0.692. The van der Waals surface area contributed by atoms with Gasteiger partial charge in [0.25, 0.3) is 5.91 Å². The number of phenols is 1. The number of benzene rings is 2. The largest absolute Gasteiger partial charge is 0.508 e. The van der Waals surface area contributed by atoms with E-state index in [9.17, 15) is 19.1 Å². The van der Waals surface area contributed by atoms with Crippen LogP contribution in [0.4, 0.5) is 4.39 Å². The van der Waals surface area contributed by atoms with Crippen molar-refractivity contribution in [2.45, 2.75) is 39.0 Å². The molecule has 3 N–H and O–H groups in total. The molecule has 3 rings (SSSR count). The highest BCUT2D eigenvalue weighted by Gasteiger charge is 2.28. The van der Waals surface area contributed by atoms with Crippen molar-refractivity contribution in [3.05, 3.63) is 64.1 Å². The van der Waals surface area contributed by atoms with Crippen LogP contribution in [0.1, 0.15) is 53.7 Å². The van der Waals surface area contributed by atoms with Crippen molar-refractivity contribution in [3.8, 4) is 5.75 Å². The number of aromatic nitrogens is 1. The van der Waals surface area contributed by atoms with E-state index in [1.165, 1.54) is 28.8 Å². The summed E-state index contributed by atoms with van der Waals surface area (Å²) in [7, 11) is 0. The number of amides is 1. The van der Waals surface area contributed by atoms with Gasteiger partial charge in [-0.3, -0.25) is 14.2 Å². The van der Waals surface area contributed by atoms with Crippen LogP contribution in [-0.4, -0.2) is 21.5 Å². The van der Waals surface area contributed by atoms with Gasteiger partial charge in [0.1, 0.15) is 11.6 Å². The molecule has 1 heterocycles. The number of halogens is 2. The van der Waals surface area contributed by atoms with Gasteiger partial charge < -0.3 is 10.8 Å². The number of unbranched alkanes of at least 4 members (excludes halogenated alkanes) is 1. The lowest BCUT2D eigenvalue weighted by Crippen LogP contribution is -2.22. The van der Waals surface area contributed by atoms with E-state index in [-0.39, 0.29) is 16.3 Å². The summed E-state index contributed by atoms with van der Waals surface area (Å²) in [5, 5.41) is 10.5. The standard InChI is InChI=1S/C22H22ClFN2O3/c1-3-4-5-15(21(25)28)20-12(2)26(19-9-7-14(27)11-16(19)20)22(29)13-6-8-17(23)18(24)10-13/h6-11,15,27H,3-5H2,1-2H3,(H2,25,28). The molecule has 1 amide bonds. The van der Waals surface area contributed by atoms with Crippen LogP contribution in [0.5, 0.6) is 5.75 Å². The Labute approximate surface area is 172 Å². The van der Waals surface area contributed by atoms with Crippen LogP contribution in [0.3, 0.4) is 0 Å². The first-order chi connectivity index (χ1) is 13.8. The summed E-state index contributed by atoms with van der Waals surface area (Å²) < 4.78 is 15.3. The number of primary amides is 1. The zero-order valence-corrected chi connectivity index (χ0v) is 17.0. The fraction of sp³-hybridized carbons (Fsp3) is 0.273. The van der Waals surface area contributed by atoms with Crippen molar-refractivity contribution < 1.29 is 19.1 Å². The Hall–Kier alpha value is -2.86. The number of nitrogens with two attached hydrogens (primary N) is 1. The summed E-state index contributed by atoms with van der Waals surface area (Å²) in [5.41, 5.74) is 7.46. The zero-order chi connectivity index (χ0) is 21.3. The van der Waals surface area contributed by atoms with Crippen molar-refractivity contribution >= 4 is 34.3 Å². The number of aromatic hydroxyl groups is 1. The summed E-state index contributed by atoms with van der Waals surface area (Å²) in [6.07, 6.45) is 2.20. The number of rotatable bonds is 6. The van der Waals surface area contributed by atoms with Gasteiger partial charge in [-0.2, -0.15) is 0 Å². The fourth-order valence-corrected chi connectivity index (χ4v) is 3.85. The van der Waals surface area contributed by atoms with E-state index in [4.69, 9.17) is 17.3 Å². The molecule has 1 atom stereocenters. The zero-order valence-electron chi connectivity index (χ0n) is 16.2. The molecule has 0 aliphatic heterocycles. The van der Waals surface area contributed by atoms with Crippen molar-refractivity contribution in [1.29, 1.82) is 0 Å². The summed E-state index contributed by atoms with van der Waals surface area (Å²) in [6.45, 7) is 3.73. The van der Waals surface area contributed by atoms with Crippen LogP contribution in [0, 0.1) is 12.7 Å². The molecule has 1 unspecified atom stereocenters. The summed E-state index contributed by atoms with van der Waals surface area (Å²) in [4.78, 5) is 25.4. The molecular weight excluding hydrogens is 395 g/mol. The lowest BCUT2D eigenvalue weighted by atomic mass is 9.90. The smallest absolute Gasteiger partial charge is 0.262 e. The Morgan fingerprint density at radius 3 is 2.59 bits per heavy atom. The fourth-order valence-electron chi connectivity index (χ4n) is 3.73. The molecule has 1 aromatic heterocycles. The third-order valence-corrected chi connectivity index (χ3v) is 5.45. The lowest BCUT2D eigenvalue weighted by Gasteiger charge is -2.14. The van der Waals surface area contributed by atoms with Crippen LogP contribution >= 0.6 is 11.6 Å². The molecule has 29 heavy (non-hydrogen) atoms. The van der Waals surface area contributed by atoms with Crippen LogP contribution in [-0.2, 0) is 4.79 Å². The number of fused-ring (bicyclic) bond motifs is 1. The quantitative estimate of drug-likeness (QED) is 0.599. The van der Waals surface area contributed by atoms with Crippen molar-refractivity contribution in [2.75, 3.05) is 0 Å². The molecule has 0 bridgehead atoms. The van der Waals surface area contributed by atoms with E-state index in [0.29, 0.717) is 28.6 Å². The van der Waals surface area contributed by atoms with Crippen molar-refractivity contribution in [1.82, 2.24) is 4.57 Å². The molecule has 5 nitrogen and oxygen atoms in total. The van der Waals surface area contributed by atoms with E-state index < -0.39 is 23.5 Å². The lowest BCUT2D eigenvalue weighted by molar-refractivity contribution is -0.119. The molecule has 7 heteroatoms. The summed E-state index contributed by atoms with van der Waals surface area (Å²) in [6, 6.07) is 8.43. The molecule has 3 aromatic rings. The monoisotopic (exact) mass is 416 g/mol. The molecule has 0 saturated heterocycles. The van der Waals surface area contributed by atoms with Crippen LogP contribution in [0.2, 0.25) is 5.02 Å². The van der Waals surface area contributed by atoms with Crippen LogP contribution in [0.15, 0.2) is 36.4 Å². The van der Waals surface area contributed by atoms with E-state index >= 15 is 0 Å². The van der Waals surface area contributed by atoms with Gasteiger partial charge in [-0.15, -0.1) is 0 Å². The van der Waals surface area contributed by atoms with Crippen molar-refractivity contribution in [2.24, 2.45) is 5.73 Å². The molecular formula is C22H22ClFN2O3. The Balaban J connectivity index is 2.25. The highest BCUT2D eigenvalue weighted by Crippen LogP contribution is 2.36. The van der Waals surface area contributed by atoms with Gasteiger partial charge in [-0.25, -0.2) is 4.39 Å². The second kappa shape index (κ2) is 8.25. The molecule has 0 fully saturated rings. The van der Waals surface area contributed by atoms with E-state index in [1.54, 1.807) is 13.0 Å². The Bertz CT molecular complexity index is 1110. The summed E-state index contributed by atoms with van der Waals surface area (Å²) in [5.74, 6) is -2.23. The average molecular weight is 417 g/mol. The maximum absolute atomic E-state index is 13.9. The maximum atomic E-state index is 13.9. The predicted molar refractivity (Wildman–Crippen MR) is 111 cm³/mol. The average Bonchev–Trinajstić information content (AvgIpc) is 2.95. The Kier molecular flexibility index (Phi) is 5.94. The van der Waals surface area contributed by atoms with Gasteiger partial charge in [-0.05, 0) is 55.3 Å². The van der Waals surface area contributed by atoms with Gasteiger partial charge in [0.05, 0.1) is 16.5 Å². The first kappa shape index (κ1) is 20.9. The van der Waals surface area contributed by atoms with Gasteiger partial charge in [0.15, 0.2) is 0 Å². The highest BCUT2D eigenvalue weighted by molar-refractivity contribution is 6.30. The van der Waals surface area contributed by atoms with Gasteiger partial charge in [-0.1, -0.05) is 31.4 Å². The number of phenolic OH excluding ortho intramolecular Hbond substituents is 1. The molecule has 0 aliphatic carbocycles. The first-order valence-electron chi connectivity index (χ1n) is 9.39. The van der Waals surface area contributed by atoms with Gasteiger partial charge >= 0.3 is 0 Å².